The number of hydrogen-bond donors (Lipinski definition) is 1. The lowest BCUT2D eigenvalue weighted by Gasteiger charge is -2.05. The highest BCUT2D eigenvalue weighted by Gasteiger charge is 1.96. The molecule has 0 rings (SSSR count). The number of nitrogens with one attached hydrogen (secondary N) is 1. The van der Waals surface area contributed by atoms with E-state index in [4.69, 9.17) is 0 Å². The predicted molar refractivity (Wildman–Crippen MR) is 112 cm³/mol. The second-order valence-electron chi connectivity index (χ2n) is 7.71. The molecule has 148 valence electrons. The SMILES string of the molecule is C=C(CCCCCCCCCCCCCCCCCCC(C)=O)NC. The van der Waals surface area contributed by atoms with Gasteiger partial charge in [0.2, 0.25) is 0 Å². The quantitative estimate of drug-likeness (QED) is 0.233. The molecule has 0 unspecified atom stereocenters. The first kappa shape index (κ1) is 24.2. The summed E-state index contributed by atoms with van der Waals surface area (Å²) in [5, 5.41) is 3.12. The number of allylic oxidation sites excluding steroid dienone is 1. The number of unbranched alkanes of at least 4 members (excludes halogenated alkanes) is 15. The van der Waals surface area contributed by atoms with Crippen LogP contribution in [0.1, 0.15) is 122 Å². The fraction of sp³-hybridized carbons (Fsp3) is 0.870. The van der Waals surface area contributed by atoms with Crippen molar-refractivity contribution in [3.63, 3.8) is 0 Å². The van der Waals surface area contributed by atoms with Crippen LogP contribution in [0, 0.1) is 0 Å². The summed E-state index contributed by atoms with van der Waals surface area (Å²) >= 11 is 0. The standard InChI is InChI=1S/C23H45NO/c1-22(24-3)20-18-16-14-12-10-8-6-4-5-7-9-11-13-15-17-19-21-23(2)25/h24H,1,4-21H2,2-3H3. The van der Waals surface area contributed by atoms with Crippen LogP contribution in [-0.2, 0) is 4.79 Å². The molecule has 0 aromatic carbocycles. The molecule has 0 spiro atoms. The number of carbonyl (C=O) groups is 1. The Kier molecular flexibility index (Phi) is 18.9. The molecule has 0 aliphatic carbocycles. The van der Waals surface area contributed by atoms with E-state index < -0.39 is 0 Å². The Bertz CT molecular complexity index is 311. The van der Waals surface area contributed by atoms with Crippen molar-refractivity contribution in [3.8, 4) is 0 Å². The Morgan fingerprint density at radius 3 is 1.16 bits per heavy atom. The normalized spacial score (nSPS) is 10.8. The molecule has 0 aromatic rings. The van der Waals surface area contributed by atoms with E-state index in [9.17, 15) is 4.79 Å². The maximum atomic E-state index is 10.8. The van der Waals surface area contributed by atoms with Crippen LogP contribution in [0.4, 0.5) is 0 Å². The van der Waals surface area contributed by atoms with Crippen molar-refractivity contribution in [2.45, 2.75) is 122 Å². The predicted octanol–water partition coefficient (Wildman–Crippen LogP) is 7.33. The first-order valence-electron chi connectivity index (χ1n) is 11.0. The molecule has 0 aromatic heterocycles. The minimum atomic E-state index is 0.343. The van der Waals surface area contributed by atoms with Crippen molar-refractivity contribution >= 4 is 5.78 Å². The van der Waals surface area contributed by atoms with Gasteiger partial charge in [0.15, 0.2) is 0 Å². The number of hydrogen-bond acceptors (Lipinski definition) is 2. The van der Waals surface area contributed by atoms with Crippen molar-refractivity contribution in [3.05, 3.63) is 12.3 Å². The molecule has 1 N–H and O–H groups in total. The van der Waals surface area contributed by atoms with Gasteiger partial charge in [-0.3, -0.25) is 0 Å². The van der Waals surface area contributed by atoms with Gasteiger partial charge in [-0.15, -0.1) is 0 Å². The Morgan fingerprint density at radius 1 is 0.600 bits per heavy atom. The number of Topliss-reactive ketones (excluding diaryl/α,β-unsaturated/α-hetero) is 1. The Labute approximate surface area is 158 Å². The molecule has 0 atom stereocenters. The van der Waals surface area contributed by atoms with E-state index in [1.807, 2.05) is 7.05 Å². The van der Waals surface area contributed by atoms with Crippen LogP contribution in [0.3, 0.4) is 0 Å². The third-order valence-corrected chi connectivity index (χ3v) is 5.11. The van der Waals surface area contributed by atoms with Crippen LogP contribution in [-0.4, -0.2) is 12.8 Å². The van der Waals surface area contributed by atoms with Crippen molar-refractivity contribution in [2.24, 2.45) is 0 Å². The molecule has 0 aliphatic rings. The van der Waals surface area contributed by atoms with Crippen LogP contribution < -0.4 is 5.32 Å². The maximum absolute atomic E-state index is 10.8. The van der Waals surface area contributed by atoms with Gasteiger partial charge in [-0.25, -0.2) is 0 Å². The molecular formula is C23H45NO. The average Bonchev–Trinajstić information content (AvgIpc) is 2.60. The summed E-state index contributed by atoms with van der Waals surface area (Å²) in [7, 11) is 1.96. The molecule has 0 saturated carbocycles. The topological polar surface area (TPSA) is 29.1 Å². The molecule has 2 heteroatoms. The van der Waals surface area contributed by atoms with Gasteiger partial charge < -0.3 is 10.1 Å². The van der Waals surface area contributed by atoms with Gasteiger partial charge in [0.1, 0.15) is 5.78 Å². The van der Waals surface area contributed by atoms with Crippen molar-refractivity contribution in [1.82, 2.24) is 5.32 Å². The van der Waals surface area contributed by atoms with E-state index in [-0.39, 0.29) is 0 Å². The molecule has 0 bridgehead atoms. The second-order valence-corrected chi connectivity index (χ2v) is 7.71. The highest BCUT2D eigenvalue weighted by molar-refractivity contribution is 5.75. The molecule has 2 nitrogen and oxygen atoms in total. The van der Waals surface area contributed by atoms with Crippen LogP contribution >= 0.6 is 0 Å². The van der Waals surface area contributed by atoms with Gasteiger partial charge in [0.25, 0.3) is 0 Å². The van der Waals surface area contributed by atoms with Gasteiger partial charge >= 0.3 is 0 Å². The van der Waals surface area contributed by atoms with Crippen molar-refractivity contribution in [2.75, 3.05) is 7.05 Å². The van der Waals surface area contributed by atoms with E-state index >= 15 is 0 Å². The van der Waals surface area contributed by atoms with Gasteiger partial charge in [0.05, 0.1) is 0 Å². The largest absolute Gasteiger partial charge is 0.392 e. The maximum Gasteiger partial charge on any atom is 0.129 e. The van der Waals surface area contributed by atoms with Gasteiger partial charge in [-0.05, 0) is 26.2 Å². The fourth-order valence-electron chi connectivity index (χ4n) is 3.31. The second kappa shape index (κ2) is 19.5. The average molecular weight is 352 g/mol. The molecule has 0 radical (unpaired) electrons. The zero-order valence-electron chi connectivity index (χ0n) is 17.3. The monoisotopic (exact) mass is 351 g/mol. The summed E-state index contributed by atoms with van der Waals surface area (Å²) in [5.41, 5.74) is 1.17. The first-order valence-corrected chi connectivity index (χ1v) is 11.0. The zero-order valence-corrected chi connectivity index (χ0v) is 17.3. The number of ketones is 1. The summed E-state index contributed by atoms with van der Waals surface area (Å²) in [5.74, 6) is 0.343. The Hall–Kier alpha value is -0.790. The summed E-state index contributed by atoms with van der Waals surface area (Å²) in [4.78, 5) is 10.8. The van der Waals surface area contributed by atoms with E-state index in [2.05, 4.69) is 11.9 Å². The van der Waals surface area contributed by atoms with Gasteiger partial charge in [-0.1, -0.05) is 96.5 Å². The van der Waals surface area contributed by atoms with Crippen LogP contribution in [0.2, 0.25) is 0 Å². The third-order valence-electron chi connectivity index (χ3n) is 5.11. The smallest absolute Gasteiger partial charge is 0.129 e. The number of rotatable bonds is 20. The fourth-order valence-corrected chi connectivity index (χ4v) is 3.31. The van der Waals surface area contributed by atoms with Gasteiger partial charge in [0, 0.05) is 19.2 Å². The minimum Gasteiger partial charge on any atom is -0.392 e. The summed E-state index contributed by atoms with van der Waals surface area (Å²) < 4.78 is 0. The molecule has 25 heavy (non-hydrogen) atoms. The first-order chi connectivity index (χ1) is 12.2. The molecule has 0 fully saturated rings. The lowest BCUT2D eigenvalue weighted by atomic mass is 10.0. The van der Waals surface area contributed by atoms with Crippen LogP contribution in [0.5, 0.6) is 0 Å². The summed E-state index contributed by atoms with van der Waals surface area (Å²) in [6, 6.07) is 0. The molecule has 0 saturated heterocycles. The number of carbonyl (C=O) groups excluding carboxylic acids is 1. The van der Waals surface area contributed by atoms with Gasteiger partial charge in [-0.2, -0.15) is 0 Å². The minimum absolute atomic E-state index is 0.343. The highest BCUT2D eigenvalue weighted by Crippen LogP contribution is 2.14. The van der Waals surface area contributed by atoms with Crippen molar-refractivity contribution < 1.29 is 4.79 Å². The molecule has 0 heterocycles. The van der Waals surface area contributed by atoms with E-state index in [1.165, 1.54) is 102 Å². The van der Waals surface area contributed by atoms with E-state index in [0.29, 0.717) is 5.78 Å². The molecule has 0 amide bonds. The third kappa shape index (κ3) is 21.2. The van der Waals surface area contributed by atoms with Crippen molar-refractivity contribution in [1.29, 1.82) is 0 Å². The van der Waals surface area contributed by atoms with E-state index in [1.54, 1.807) is 6.92 Å². The lowest BCUT2D eigenvalue weighted by Crippen LogP contribution is -2.03. The van der Waals surface area contributed by atoms with Crippen LogP contribution in [0.15, 0.2) is 12.3 Å². The summed E-state index contributed by atoms with van der Waals surface area (Å²) in [6.07, 6.45) is 23.7. The highest BCUT2D eigenvalue weighted by atomic mass is 16.1. The summed E-state index contributed by atoms with van der Waals surface area (Å²) in [6.45, 7) is 5.67. The van der Waals surface area contributed by atoms with E-state index in [0.717, 1.165) is 19.3 Å². The zero-order chi connectivity index (χ0) is 18.6. The molecule has 0 aliphatic heterocycles. The lowest BCUT2D eigenvalue weighted by molar-refractivity contribution is -0.117. The Balaban J connectivity index is 3.03. The Morgan fingerprint density at radius 2 is 0.880 bits per heavy atom. The van der Waals surface area contributed by atoms with Crippen LogP contribution in [0.25, 0.3) is 0 Å². The molecular weight excluding hydrogens is 306 g/mol.